The average Bonchev–Trinajstić information content (AvgIpc) is 2.73. The Kier molecular flexibility index (Phi) is 5.94. The van der Waals surface area contributed by atoms with Gasteiger partial charge < -0.3 is 0 Å². The average molecular weight is 362 g/mol. The van der Waals surface area contributed by atoms with Crippen molar-refractivity contribution in [2.75, 3.05) is 12.3 Å². The third-order valence-electron chi connectivity index (χ3n) is 5.86. The number of hydrogen-bond donors (Lipinski definition) is 0. The SMILES string of the molecule is CCCCP(CCC)(c1ccccc1)(c1ccccc1)c1ccccc1. The van der Waals surface area contributed by atoms with Gasteiger partial charge in [0.1, 0.15) is 0 Å². The second kappa shape index (κ2) is 8.19. The summed E-state index contributed by atoms with van der Waals surface area (Å²) in [6.45, 7) is 2.16. The zero-order valence-corrected chi connectivity index (χ0v) is 17.0. The second-order valence-corrected chi connectivity index (χ2v) is 12.8. The van der Waals surface area contributed by atoms with Gasteiger partial charge in [-0.3, -0.25) is 0 Å². The summed E-state index contributed by atoms with van der Waals surface area (Å²) in [4.78, 5) is 0. The molecule has 0 aliphatic carbocycles. The van der Waals surface area contributed by atoms with Gasteiger partial charge in [0.05, 0.1) is 0 Å². The van der Waals surface area contributed by atoms with E-state index in [1.54, 1.807) is 15.9 Å². The first kappa shape index (κ1) is 18.9. The summed E-state index contributed by atoms with van der Waals surface area (Å²) in [7, 11) is 0. The van der Waals surface area contributed by atoms with E-state index in [2.05, 4.69) is 105 Å². The van der Waals surface area contributed by atoms with Crippen LogP contribution in [-0.2, 0) is 0 Å². The van der Waals surface area contributed by atoms with Crippen LogP contribution < -0.4 is 15.9 Å². The van der Waals surface area contributed by atoms with Crippen LogP contribution in [0.25, 0.3) is 0 Å². The van der Waals surface area contributed by atoms with Crippen molar-refractivity contribution >= 4 is 22.5 Å². The van der Waals surface area contributed by atoms with E-state index in [1.807, 2.05) is 0 Å². The third-order valence-corrected chi connectivity index (χ3v) is 13.2. The maximum absolute atomic E-state index is 2.51. The minimum atomic E-state index is -2.51. The van der Waals surface area contributed by atoms with Crippen molar-refractivity contribution in [1.29, 1.82) is 0 Å². The van der Waals surface area contributed by atoms with E-state index in [0.717, 1.165) is 0 Å². The van der Waals surface area contributed by atoms with Gasteiger partial charge in [0.25, 0.3) is 0 Å². The molecule has 0 amide bonds. The van der Waals surface area contributed by atoms with E-state index < -0.39 is 6.60 Å². The Bertz CT molecular complexity index is 694. The Balaban J connectivity index is 2.45. The molecule has 0 radical (unpaired) electrons. The number of unbranched alkanes of at least 4 members (excludes halogenated alkanes) is 1. The monoisotopic (exact) mass is 362 g/mol. The van der Waals surface area contributed by atoms with Crippen molar-refractivity contribution in [3.8, 4) is 0 Å². The van der Waals surface area contributed by atoms with Crippen LogP contribution in [0.15, 0.2) is 91.0 Å². The molecule has 3 aromatic rings. The molecule has 0 saturated heterocycles. The van der Waals surface area contributed by atoms with Gasteiger partial charge in [-0.15, -0.1) is 0 Å². The van der Waals surface area contributed by atoms with Crippen LogP contribution in [0.1, 0.15) is 33.1 Å². The minimum absolute atomic E-state index is 1.19. The van der Waals surface area contributed by atoms with E-state index in [1.165, 1.54) is 31.6 Å². The molecular formula is C25H31P. The van der Waals surface area contributed by atoms with Gasteiger partial charge in [0, 0.05) is 0 Å². The van der Waals surface area contributed by atoms with Crippen molar-refractivity contribution in [2.24, 2.45) is 0 Å². The van der Waals surface area contributed by atoms with E-state index in [9.17, 15) is 0 Å². The first-order valence-electron chi connectivity index (χ1n) is 9.95. The molecule has 26 heavy (non-hydrogen) atoms. The van der Waals surface area contributed by atoms with Crippen LogP contribution >= 0.6 is 6.60 Å². The van der Waals surface area contributed by atoms with Crippen LogP contribution in [0.4, 0.5) is 0 Å². The summed E-state index contributed by atoms with van der Waals surface area (Å²) in [5.41, 5.74) is 0. The molecule has 0 fully saturated rings. The summed E-state index contributed by atoms with van der Waals surface area (Å²) in [5, 5.41) is 4.64. The molecule has 0 unspecified atom stereocenters. The normalized spacial score (nSPS) is 13.1. The van der Waals surface area contributed by atoms with E-state index in [-0.39, 0.29) is 0 Å². The molecule has 0 spiro atoms. The second-order valence-electron chi connectivity index (χ2n) is 7.32. The summed E-state index contributed by atoms with van der Waals surface area (Å²) in [6, 6.07) is 34.2. The van der Waals surface area contributed by atoms with Gasteiger partial charge in [-0.1, -0.05) is 0 Å². The Hall–Kier alpha value is -1.91. The van der Waals surface area contributed by atoms with Gasteiger partial charge in [0.15, 0.2) is 0 Å². The zero-order valence-electron chi connectivity index (χ0n) is 16.1. The molecule has 136 valence electrons. The molecule has 3 rings (SSSR count). The number of rotatable bonds is 8. The molecule has 0 aromatic heterocycles. The predicted molar refractivity (Wildman–Crippen MR) is 120 cm³/mol. The molecule has 0 nitrogen and oxygen atoms in total. The van der Waals surface area contributed by atoms with Gasteiger partial charge in [-0.05, 0) is 0 Å². The van der Waals surface area contributed by atoms with Crippen molar-refractivity contribution in [2.45, 2.75) is 33.1 Å². The topological polar surface area (TPSA) is 0 Å². The molecule has 0 saturated carbocycles. The van der Waals surface area contributed by atoms with Crippen LogP contribution in [0.5, 0.6) is 0 Å². The molecule has 0 bridgehead atoms. The van der Waals surface area contributed by atoms with Crippen LogP contribution in [0.3, 0.4) is 0 Å². The first-order chi connectivity index (χ1) is 12.8. The molecule has 1 heteroatoms. The zero-order chi connectivity index (χ0) is 18.3. The van der Waals surface area contributed by atoms with Gasteiger partial charge >= 0.3 is 159 Å². The Labute approximate surface area is 159 Å². The van der Waals surface area contributed by atoms with Crippen LogP contribution in [0.2, 0.25) is 0 Å². The molecule has 0 N–H and O–H groups in total. The molecular weight excluding hydrogens is 331 g/mol. The number of hydrogen-bond acceptors (Lipinski definition) is 0. The van der Waals surface area contributed by atoms with Crippen molar-refractivity contribution < 1.29 is 0 Å². The summed E-state index contributed by atoms with van der Waals surface area (Å²) in [5.74, 6) is 0. The van der Waals surface area contributed by atoms with Crippen molar-refractivity contribution in [3.05, 3.63) is 91.0 Å². The summed E-state index contributed by atoms with van der Waals surface area (Å²) in [6.07, 6.45) is 6.18. The molecule has 0 heterocycles. The van der Waals surface area contributed by atoms with Crippen molar-refractivity contribution in [3.63, 3.8) is 0 Å². The summed E-state index contributed by atoms with van der Waals surface area (Å²) < 4.78 is 0. The van der Waals surface area contributed by atoms with Gasteiger partial charge in [0.2, 0.25) is 0 Å². The molecule has 3 aromatic carbocycles. The summed E-state index contributed by atoms with van der Waals surface area (Å²) >= 11 is 0. The third kappa shape index (κ3) is 3.01. The Morgan fingerprint density at radius 2 is 0.885 bits per heavy atom. The fourth-order valence-electron chi connectivity index (χ4n) is 4.70. The maximum atomic E-state index is 2.39. The first-order valence-corrected chi connectivity index (χ1v) is 12.6. The Morgan fingerprint density at radius 1 is 0.500 bits per heavy atom. The predicted octanol–water partition coefficient (Wildman–Crippen LogP) is 5.73. The molecule has 0 atom stereocenters. The quantitative estimate of drug-likeness (QED) is 0.449. The fourth-order valence-corrected chi connectivity index (χ4v) is 12.0. The fraction of sp³-hybridized carbons (Fsp3) is 0.280. The molecule has 0 aliphatic heterocycles. The van der Waals surface area contributed by atoms with Gasteiger partial charge in [-0.25, -0.2) is 0 Å². The van der Waals surface area contributed by atoms with Gasteiger partial charge in [-0.2, -0.15) is 0 Å². The van der Waals surface area contributed by atoms with Crippen LogP contribution in [0, 0.1) is 0 Å². The van der Waals surface area contributed by atoms with E-state index in [0.29, 0.717) is 0 Å². The standard InChI is InChI=1S/C25H31P/c1-3-5-22-26(21-4-2,23-15-9-6-10-16-23,24-17-11-7-12-18-24)25-19-13-8-14-20-25/h6-20H,3-5,21-22H2,1-2H3. The van der Waals surface area contributed by atoms with Crippen LogP contribution in [-0.4, -0.2) is 12.3 Å². The number of benzene rings is 3. The molecule has 0 aliphatic rings. The Morgan fingerprint density at radius 3 is 1.19 bits per heavy atom. The van der Waals surface area contributed by atoms with E-state index in [4.69, 9.17) is 0 Å². The van der Waals surface area contributed by atoms with Crippen molar-refractivity contribution in [1.82, 2.24) is 0 Å². The van der Waals surface area contributed by atoms with E-state index >= 15 is 0 Å².